The van der Waals surface area contributed by atoms with Gasteiger partial charge in [-0.05, 0) is 22.0 Å². The summed E-state index contributed by atoms with van der Waals surface area (Å²) in [6.07, 6.45) is 0. The van der Waals surface area contributed by atoms with E-state index in [1.54, 1.807) is 6.07 Å². The van der Waals surface area contributed by atoms with Gasteiger partial charge < -0.3 is 4.74 Å². The zero-order valence-electron chi connectivity index (χ0n) is 8.06. The first kappa shape index (κ1) is 12.1. The van der Waals surface area contributed by atoms with E-state index in [9.17, 15) is 14.9 Å². The quantitative estimate of drug-likeness (QED) is 0.470. The fraction of sp³-hybridized carbons (Fsp3) is 0.111. The Kier molecular flexibility index (Phi) is 3.58. The van der Waals surface area contributed by atoms with Crippen molar-refractivity contribution in [2.75, 3.05) is 7.11 Å². The molecule has 82 valence electrons. The number of benzene rings is 1. The van der Waals surface area contributed by atoms with Gasteiger partial charge in [0, 0.05) is 6.07 Å². The predicted octanol–water partition coefficient (Wildman–Crippen LogP) is 2.02. The molecule has 0 spiro atoms. The molecule has 0 saturated carbocycles. The van der Waals surface area contributed by atoms with Crippen LogP contribution in [-0.2, 0) is 4.74 Å². The van der Waals surface area contributed by atoms with Gasteiger partial charge in [0.05, 0.1) is 29.2 Å². The van der Waals surface area contributed by atoms with Gasteiger partial charge in [0.25, 0.3) is 5.69 Å². The van der Waals surface area contributed by atoms with Crippen LogP contribution in [0.5, 0.6) is 0 Å². The fourth-order valence-corrected chi connectivity index (χ4v) is 1.60. The molecule has 0 unspecified atom stereocenters. The third kappa shape index (κ3) is 2.17. The van der Waals surface area contributed by atoms with Crippen molar-refractivity contribution >= 4 is 27.6 Å². The van der Waals surface area contributed by atoms with E-state index in [4.69, 9.17) is 5.26 Å². The minimum Gasteiger partial charge on any atom is -0.465 e. The van der Waals surface area contributed by atoms with Crippen molar-refractivity contribution in [3.05, 3.63) is 37.8 Å². The van der Waals surface area contributed by atoms with Crippen LogP contribution in [0.3, 0.4) is 0 Å². The average Bonchev–Trinajstić information content (AvgIpc) is 2.28. The molecule has 6 nitrogen and oxygen atoms in total. The zero-order valence-corrected chi connectivity index (χ0v) is 9.65. The van der Waals surface area contributed by atoms with Crippen molar-refractivity contribution in [1.29, 1.82) is 5.26 Å². The summed E-state index contributed by atoms with van der Waals surface area (Å²) in [5.74, 6) is -0.743. The highest BCUT2D eigenvalue weighted by molar-refractivity contribution is 9.10. The largest absolute Gasteiger partial charge is 0.465 e. The van der Waals surface area contributed by atoms with Crippen molar-refractivity contribution in [2.45, 2.75) is 0 Å². The SMILES string of the molecule is COC(=O)c1cc(C#N)cc([N+](=O)[O-])c1Br. The summed E-state index contributed by atoms with van der Waals surface area (Å²) in [4.78, 5) is 21.3. The third-order valence-electron chi connectivity index (χ3n) is 1.78. The lowest BCUT2D eigenvalue weighted by atomic mass is 10.1. The van der Waals surface area contributed by atoms with Crippen LogP contribution in [-0.4, -0.2) is 18.0 Å². The molecule has 1 rings (SSSR count). The highest BCUT2D eigenvalue weighted by Crippen LogP contribution is 2.30. The normalized spacial score (nSPS) is 9.31. The van der Waals surface area contributed by atoms with Crippen LogP contribution in [0, 0.1) is 21.4 Å². The van der Waals surface area contributed by atoms with Gasteiger partial charge in [-0.3, -0.25) is 10.1 Å². The molecule has 0 amide bonds. The van der Waals surface area contributed by atoms with E-state index in [0.29, 0.717) is 0 Å². The van der Waals surface area contributed by atoms with Gasteiger partial charge in [-0.15, -0.1) is 0 Å². The first-order valence-electron chi connectivity index (χ1n) is 3.97. The molecule has 0 fully saturated rings. The van der Waals surface area contributed by atoms with Crippen LogP contribution in [0.1, 0.15) is 15.9 Å². The van der Waals surface area contributed by atoms with Crippen molar-refractivity contribution in [3.63, 3.8) is 0 Å². The molecule has 1 aromatic carbocycles. The van der Waals surface area contributed by atoms with Gasteiger partial charge in [0.1, 0.15) is 4.47 Å². The molecule has 0 aromatic heterocycles. The number of nitro benzene ring substituents is 1. The number of rotatable bonds is 2. The molecule has 0 bridgehead atoms. The topological polar surface area (TPSA) is 93.2 Å². The van der Waals surface area contributed by atoms with Gasteiger partial charge in [-0.2, -0.15) is 5.26 Å². The van der Waals surface area contributed by atoms with Crippen LogP contribution in [0.25, 0.3) is 0 Å². The second kappa shape index (κ2) is 4.72. The molecule has 0 aliphatic heterocycles. The maximum atomic E-state index is 11.3. The van der Waals surface area contributed by atoms with Crippen LogP contribution < -0.4 is 0 Å². The highest BCUT2D eigenvalue weighted by atomic mass is 79.9. The predicted molar refractivity (Wildman–Crippen MR) is 56.9 cm³/mol. The zero-order chi connectivity index (χ0) is 12.3. The molecule has 0 atom stereocenters. The fourth-order valence-electron chi connectivity index (χ4n) is 1.07. The Labute approximate surface area is 98.7 Å². The summed E-state index contributed by atoms with van der Waals surface area (Å²) in [7, 11) is 1.15. The Morgan fingerprint density at radius 3 is 2.69 bits per heavy atom. The Balaban J connectivity index is 3.50. The molecular weight excluding hydrogens is 280 g/mol. The van der Waals surface area contributed by atoms with E-state index < -0.39 is 10.9 Å². The molecule has 0 saturated heterocycles. The molecular formula is C9H5BrN2O4. The van der Waals surface area contributed by atoms with Crippen LogP contribution in [0.4, 0.5) is 5.69 Å². The lowest BCUT2D eigenvalue weighted by Crippen LogP contribution is -2.05. The van der Waals surface area contributed by atoms with E-state index in [2.05, 4.69) is 20.7 Å². The number of halogens is 1. The third-order valence-corrected chi connectivity index (χ3v) is 2.62. The maximum absolute atomic E-state index is 11.3. The van der Waals surface area contributed by atoms with Crippen molar-refractivity contribution in [1.82, 2.24) is 0 Å². The first-order valence-corrected chi connectivity index (χ1v) is 4.77. The lowest BCUT2D eigenvalue weighted by molar-refractivity contribution is -0.385. The number of hydrogen-bond acceptors (Lipinski definition) is 5. The van der Waals surface area contributed by atoms with Gasteiger partial charge >= 0.3 is 5.97 Å². The Bertz CT molecular complexity index is 507. The molecule has 0 heterocycles. The molecule has 0 aliphatic carbocycles. The summed E-state index contributed by atoms with van der Waals surface area (Å²) in [6.45, 7) is 0. The number of ether oxygens (including phenoxy) is 1. The number of carbonyl (C=O) groups excluding carboxylic acids is 1. The number of esters is 1. The average molecular weight is 285 g/mol. The molecule has 16 heavy (non-hydrogen) atoms. The highest BCUT2D eigenvalue weighted by Gasteiger charge is 2.22. The van der Waals surface area contributed by atoms with E-state index in [0.717, 1.165) is 13.2 Å². The van der Waals surface area contributed by atoms with Crippen LogP contribution in [0.15, 0.2) is 16.6 Å². The van der Waals surface area contributed by atoms with Gasteiger partial charge in [0.2, 0.25) is 0 Å². The maximum Gasteiger partial charge on any atom is 0.339 e. The van der Waals surface area contributed by atoms with Gasteiger partial charge in [-0.1, -0.05) is 0 Å². The van der Waals surface area contributed by atoms with Gasteiger partial charge in [-0.25, -0.2) is 4.79 Å². The molecule has 0 aliphatic rings. The molecule has 1 aromatic rings. The standard InChI is InChI=1S/C9H5BrN2O4/c1-16-9(13)6-2-5(4-11)3-7(8(6)10)12(14)15/h2-3H,1H3. The summed E-state index contributed by atoms with van der Waals surface area (Å²) in [5, 5.41) is 19.3. The summed E-state index contributed by atoms with van der Waals surface area (Å²) in [5.41, 5.74) is -0.372. The lowest BCUT2D eigenvalue weighted by Gasteiger charge is -2.03. The number of nitriles is 1. The monoisotopic (exact) mass is 284 g/mol. The summed E-state index contributed by atoms with van der Waals surface area (Å²) < 4.78 is 4.45. The summed E-state index contributed by atoms with van der Waals surface area (Å²) >= 11 is 2.93. The van der Waals surface area contributed by atoms with Crippen molar-refractivity contribution < 1.29 is 14.5 Å². The van der Waals surface area contributed by atoms with Crippen molar-refractivity contribution in [3.8, 4) is 6.07 Å². The second-order valence-corrected chi connectivity index (χ2v) is 3.51. The Hall–Kier alpha value is -1.94. The number of nitrogens with zero attached hydrogens (tertiary/aromatic N) is 2. The molecule has 7 heteroatoms. The van der Waals surface area contributed by atoms with Gasteiger partial charge in [0.15, 0.2) is 0 Å². The Morgan fingerprint density at radius 2 is 2.25 bits per heavy atom. The molecule has 0 radical (unpaired) electrons. The van der Waals surface area contributed by atoms with E-state index in [1.165, 1.54) is 6.07 Å². The minimum atomic E-state index is -0.743. The number of methoxy groups -OCH3 is 1. The second-order valence-electron chi connectivity index (χ2n) is 2.72. The summed E-state index contributed by atoms with van der Waals surface area (Å²) in [6, 6.07) is 4.04. The smallest absolute Gasteiger partial charge is 0.339 e. The van der Waals surface area contributed by atoms with Crippen molar-refractivity contribution in [2.24, 2.45) is 0 Å². The van der Waals surface area contributed by atoms with Crippen LogP contribution in [0.2, 0.25) is 0 Å². The number of carbonyl (C=O) groups is 1. The number of hydrogen-bond donors (Lipinski definition) is 0. The first-order chi connectivity index (χ1) is 7.51. The van der Waals surface area contributed by atoms with E-state index in [1.807, 2.05) is 0 Å². The minimum absolute atomic E-state index is 0.00310. The van der Waals surface area contributed by atoms with Crippen LogP contribution >= 0.6 is 15.9 Å². The number of nitro groups is 1. The van der Waals surface area contributed by atoms with E-state index >= 15 is 0 Å². The molecule has 0 N–H and O–H groups in total. The van der Waals surface area contributed by atoms with E-state index in [-0.39, 0.29) is 21.3 Å². The Morgan fingerprint density at radius 1 is 1.62 bits per heavy atom.